The summed E-state index contributed by atoms with van der Waals surface area (Å²) in [4.78, 5) is 12.8. The van der Waals surface area contributed by atoms with Crippen LogP contribution in [-0.2, 0) is 0 Å². The molecular weight excluding hydrogens is 200 g/mol. The Balaban J connectivity index is 2.88. The monoisotopic (exact) mass is 218 g/mol. The van der Waals surface area contributed by atoms with Crippen LogP contribution < -0.4 is 9.92 Å². The summed E-state index contributed by atoms with van der Waals surface area (Å²) < 4.78 is 25.8. The van der Waals surface area contributed by atoms with Gasteiger partial charge in [-0.25, -0.2) is 0 Å². The summed E-state index contributed by atoms with van der Waals surface area (Å²) in [6.45, 7) is 3.90. The minimum atomic E-state index is -3.72. The largest absolute Gasteiger partial charge is 0.528 e. The Morgan fingerprint density at radius 3 is 2.50 bits per heavy atom. The predicted octanol–water partition coefficient (Wildman–Crippen LogP) is -0.626. The highest BCUT2D eigenvalue weighted by atomic mass is 28.4. The van der Waals surface area contributed by atoms with E-state index in [1.165, 1.54) is 12.1 Å². The van der Waals surface area contributed by atoms with Gasteiger partial charge in [0, 0.05) is 5.19 Å². The Kier molecular flexibility index (Phi) is 2.25. The van der Waals surface area contributed by atoms with Gasteiger partial charge in [-0.3, -0.25) is 0 Å². The first kappa shape index (κ1) is 7.19. The number of hydrogen-bond acceptors (Lipinski definition) is 4. The average molecular weight is 218 g/mol. The first-order valence-corrected chi connectivity index (χ1v) is 5.72. The first-order valence-electron chi connectivity index (χ1n) is 5.22. The van der Waals surface area contributed by atoms with E-state index in [4.69, 9.17) is 9.03 Å². The molecule has 1 aromatic rings. The summed E-state index contributed by atoms with van der Waals surface area (Å²) in [6.07, 6.45) is 1.61. The van der Waals surface area contributed by atoms with Crippen LogP contribution in [0.3, 0.4) is 0 Å². The van der Waals surface area contributed by atoms with Crippen molar-refractivity contribution in [3.05, 3.63) is 36.9 Å². The quantitative estimate of drug-likeness (QED) is 0.421. The van der Waals surface area contributed by atoms with Crippen LogP contribution in [0, 0.1) is 0 Å². The van der Waals surface area contributed by atoms with Gasteiger partial charge in [-0.2, -0.15) is 0 Å². The van der Waals surface area contributed by atoms with Crippen molar-refractivity contribution in [3.8, 4) is 5.75 Å². The Bertz CT molecular complexity index is 347. The Labute approximate surface area is 87.6 Å². The van der Waals surface area contributed by atoms with Gasteiger partial charge in [-0.15, -0.1) is 0 Å². The zero-order chi connectivity index (χ0) is 12.7. The van der Waals surface area contributed by atoms with Crippen molar-refractivity contribution < 1.29 is 19.1 Å². The summed E-state index contributed by atoms with van der Waals surface area (Å²) in [5.74, 6) is 0.594. The molecule has 1 rings (SSSR count). The van der Waals surface area contributed by atoms with E-state index >= 15 is 0 Å². The minimum absolute atomic E-state index is 0.337. The van der Waals surface area contributed by atoms with Crippen LogP contribution in [0.25, 0.3) is 0 Å². The normalized spacial score (nSPS) is 13.9. The van der Waals surface area contributed by atoms with E-state index in [9.17, 15) is 0 Å². The molecule has 0 heterocycles. The molecule has 0 bridgehead atoms. The lowest BCUT2D eigenvalue weighted by Crippen LogP contribution is -2.48. The average Bonchev–Trinajstić information content (AvgIpc) is 2.40. The van der Waals surface area contributed by atoms with Gasteiger partial charge in [0.25, 0.3) is 0 Å². The van der Waals surface area contributed by atoms with E-state index in [1.807, 2.05) is 0 Å². The molecule has 0 aliphatic rings. The molecule has 0 unspecified atom stereocenters. The topological polar surface area (TPSA) is 69.9 Å². The molecule has 0 saturated heterocycles. The van der Waals surface area contributed by atoms with Crippen LogP contribution in [-0.4, -0.2) is 34.1 Å². The summed E-state index contributed by atoms with van der Waals surface area (Å²) >= 11 is 0. The van der Waals surface area contributed by atoms with Gasteiger partial charge in [0.1, 0.15) is 12.4 Å². The molecule has 0 radical (unpaired) electrons. The van der Waals surface area contributed by atoms with Gasteiger partial charge in [0.05, 0.1) is 0 Å². The smallest absolute Gasteiger partial charge is 0.490 e. The Hall–Kier alpha value is -1.14. The summed E-state index contributed by atoms with van der Waals surface area (Å²) in [5.41, 5.74) is 0. The third-order valence-electron chi connectivity index (χ3n) is 1.58. The molecule has 3 N–H and O–H groups in total. The van der Waals surface area contributed by atoms with Gasteiger partial charge < -0.3 is 19.1 Å². The molecule has 0 aliphatic heterocycles. The molecule has 0 aromatic heterocycles. The fraction of sp³-hybridized carbons (Fsp3) is 0.111. The highest BCUT2D eigenvalue weighted by Gasteiger charge is 2.29. The molecule has 0 amide bonds. The summed E-state index contributed by atoms with van der Waals surface area (Å²) in [6, 6.07) is 6.28. The van der Waals surface area contributed by atoms with Crippen molar-refractivity contribution in [1.29, 1.82) is 4.29 Å². The lowest BCUT2D eigenvalue weighted by Gasteiger charge is -2.10. The SMILES string of the molecule is [3H]O[Si](O[3H])(O[3H])c1ccc(OCC=C)cc1. The van der Waals surface area contributed by atoms with Crippen molar-refractivity contribution >= 4 is 14.0 Å². The first-order chi connectivity index (χ1) is 8.22. The summed E-state index contributed by atoms with van der Waals surface area (Å²) in [7, 11) is -3.72. The highest BCUT2D eigenvalue weighted by molar-refractivity contribution is 6.71. The maximum absolute atomic E-state index is 6.84. The van der Waals surface area contributed by atoms with Crippen molar-refractivity contribution in [1.82, 2.24) is 0 Å². The van der Waals surface area contributed by atoms with Crippen LogP contribution in [0.2, 0.25) is 0 Å². The van der Waals surface area contributed by atoms with E-state index < -0.39 is 8.80 Å². The molecular formula is C9H12O4Si. The lowest BCUT2D eigenvalue weighted by atomic mass is 10.3. The number of ether oxygens (including phenoxy) is 1. The molecule has 0 saturated carbocycles. The van der Waals surface area contributed by atoms with Crippen LogP contribution in [0.1, 0.15) is 0 Å². The third-order valence-corrected chi connectivity index (χ3v) is 2.62. The molecule has 0 spiro atoms. The van der Waals surface area contributed by atoms with E-state index in [1.54, 1.807) is 18.2 Å². The maximum Gasteiger partial charge on any atom is 0.528 e. The zero-order valence-corrected chi connectivity index (χ0v) is 8.43. The number of benzene rings is 1. The molecule has 14 heavy (non-hydrogen) atoms. The summed E-state index contributed by atoms with van der Waals surface area (Å²) in [5, 5.41) is 0.337. The van der Waals surface area contributed by atoms with Crippen LogP contribution in [0.15, 0.2) is 36.9 Å². The van der Waals surface area contributed by atoms with E-state index in [0.29, 0.717) is 17.5 Å². The fourth-order valence-corrected chi connectivity index (χ4v) is 1.49. The molecule has 1 aromatic carbocycles. The maximum atomic E-state index is 6.84. The molecule has 4 nitrogen and oxygen atoms in total. The van der Waals surface area contributed by atoms with Crippen molar-refractivity contribution in [2.24, 2.45) is 0 Å². The highest BCUT2D eigenvalue weighted by Crippen LogP contribution is 2.08. The van der Waals surface area contributed by atoms with Crippen molar-refractivity contribution in [3.63, 3.8) is 0 Å². The van der Waals surface area contributed by atoms with E-state index in [-0.39, 0.29) is 0 Å². The minimum Gasteiger partial charge on any atom is -0.490 e. The van der Waals surface area contributed by atoms with Gasteiger partial charge in [0.2, 0.25) is 0 Å². The van der Waals surface area contributed by atoms with Crippen LogP contribution >= 0.6 is 0 Å². The fourth-order valence-electron chi connectivity index (χ4n) is 0.910. The van der Waals surface area contributed by atoms with Crippen molar-refractivity contribution in [2.75, 3.05) is 6.61 Å². The third kappa shape index (κ3) is 2.97. The second-order valence-corrected chi connectivity index (χ2v) is 4.37. The molecule has 76 valence electrons. The molecule has 5 heteroatoms. The number of hydrogen-bond donors (Lipinski definition) is 3. The van der Waals surface area contributed by atoms with Gasteiger partial charge in [-0.05, 0) is 12.1 Å². The standard InChI is InChI=1S/C9H12O4Si/c1-2-7-13-8-3-5-9(6-4-8)14(10,11)12/h2-6,10-12H,1,7H2/i10T,11T,12T. The Morgan fingerprint density at radius 2 is 2.00 bits per heavy atom. The van der Waals surface area contributed by atoms with E-state index in [2.05, 4.69) is 21.0 Å². The molecule has 0 atom stereocenters. The second kappa shape index (κ2) is 4.38. The zero-order valence-electron chi connectivity index (χ0n) is 10.4. The van der Waals surface area contributed by atoms with Gasteiger partial charge >= 0.3 is 8.80 Å². The number of rotatable bonds is 7. The van der Waals surface area contributed by atoms with Crippen LogP contribution in [0.4, 0.5) is 0 Å². The second-order valence-electron chi connectivity index (χ2n) is 2.68. The van der Waals surface area contributed by atoms with Crippen molar-refractivity contribution in [2.45, 2.75) is 0 Å². The lowest BCUT2D eigenvalue weighted by molar-refractivity contribution is 0.249. The Morgan fingerprint density at radius 1 is 1.36 bits per heavy atom. The molecule has 0 aliphatic carbocycles. The van der Waals surface area contributed by atoms with Crippen LogP contribution in [0.5, 0.6) is 5.75 Å². The predicted molar refractivity (Wildman–Crippen MR) is 54.2 cm³/mol. The van der Waals surface area contributed by atoms with Gasteiger partial charge in [-0.1, -0.05) is 24.8 Å². The van der Waals surface area contributed by atoms with E-state index in [0.717, 1.165) is 0 Å². The van der Waals surface area contributed by atoms with Gasteiger partial charge in [0.15, 0.2) is 4.29 Å². The molecule has 0 fully saturated rings.